The third-order valence-corrected chi connectivity index (χ3v) is 8.32. The number of ketones is 1. The molecule has 4 nitrogen and oxygen atoms in total. The predicted molar refractivity (Wildman–Crippen MR) is 94.2 cm³/mol. The molecule has 0 unspecified atom stereocenters. The Bertz CT molecular complexity index is 821. The van der Waals surface area contributed by atoms with E-state index in [-0.39, 0.29) is 15.5 Å². The normalized spacial score (nSPS) is 41.8. The minimum atomic E-state index is -0.892. The number of methoxy groups -OCH3 is 1. The summed E-state index contributed by atoms with van der Waals surface area (Å²) in [6, 6.07) is 4.42. The Morgan fingerprint density at radius 3 is 2.96 bits per heavy atom. The van der Waals surface area contributed by atoms with Crippen LogP contribution in [0.25, 0.3) is 0 Å². The van der Waals surface area contributed by atoms with Gasteiger partial charge in [0.05, 0.1) is 16.8 Å². The molecule has 2 bridgehead atoms. The summed E-state index contributed by atoms with van der Waals surface area (Å²) in [5.74, 6) is 1.53. The number of halogens is 1. The second-order valence-electron chi connectivity index (χ2n) is 7.59. The highest BCUT2D eigenvalue weighted by Gasteiger charge is 2.76. The van der Waals surface area contributed by atoms with Gasteiger partial charge in [-0.2, -0.15) is 0 Å². The Hall–Kier alpha value is -1.33. The lowest BCUT2D eigenvalue weighted by molar-refractivity contribution is -0.138. The first-order valence-electron chi connectivity index (χ1n) is 8.41. The number of hydrogen-bond acceptors (Lipinski definition) is 4. The molecule has 2 heterocycles. The highest BCUT2D eigenvalue weighted by molar-refractivity contribution is 9.10. The molecule has 4 atom stereocenters. The molecular weight excluding hydrogens is 370 g/mol. The molecule has 0 aromatic heterocycles. The van der Waals surface area contributed by atoms with Crippen LogP contribution in [0.2, 0.25) is 0 Å². The number of carbonyl (C=O) groups is 1. The van der Waals surface area contributed by atoms with E-state index in [0.717, 1.165) is 30.9 Å². The van der Waals surface area contributed by atoms with Crippen molar-refractivity contribution in [2.45, 2.75) is 41.1 Å². The molecule has 0 N–H and O–H groups in total. The molecule has 126 valence electrons. The van der Waals surface area contributed by atoms with Gasteiger partial charge in [-0.15, -0.1) is 0 Å². The van der Waals surface area contributed by atoms with Gasteiger partial charge in [0, 0.05) is 11.6 Å². The van der Waals surface area contributed by atoms with E-state index in [0.29, 0.717) is 6.04 Å². The Labute approximate surface area is 149 Å². The zero-order chi connectivity index (χ0) is 16.9. The van der Waals surface area contributed by atoms with Crippen LogP contribution in [0.15, 0.2) is 24.3 Å². The van der Waals surface area contributed by atoms with Gasteiger partial charge in [0.1, 0.15) is 0 Å². The summed E-state index contributed by atoms with van der Waals surface area (Å²) in [7, 11) is 3.83. The van der Waals surface area contributed by atoms with Crippen LogP contribution in [0.3, 0.4) is 0 Å². The largest absolute Gasteiger partial charge is 0.493 e. The molecule has 1 aromatic rings. The van der Waals surface area contributed by atoms with Crippen LogP contribution in [-0.2, 0) is 16.6 Å². The molecule has 1 fully saturated rings. The molecule has 1 aromatic carbocycles. The maximum Gasteiger partial charge on any atom is 0.199 e. The Morgan fingerprint density at radius 2 is 2.21 bits per heavy atom. The summed E-state index contributed by atoms with van der Waals surface area (Å²) in [6.45, 7) is 2.92. The summed E-state index contributed by atoms with van der Waals surface area (Å²) in [5, 5.41) is 0. The first-order valence-corrected chi connectivity index (χ1v) is 9.20. The fourth-order valence-electron chi connectivity index (χ4n) is 5.63. The third-order valence-electron chi connectivity index (χ3n) is 6.85. The van der Waals surface area contributed by atoms with Gasteiger partial charge in [-0.1, -0.05) is 28.1 Å². The Kier molecular flexibility index (Phi) is 2.65. The molecule has 1 spiro atoms. The topological polar surface area (TPSA) is 38.8 Å². The summed E-state index contributed by atoms with van der Waals surface area (Å²) >= 11 is 4.10. The van der Waals surface area contributed by atoms with Crippen LogP contribution in [0.4, 0.5) is 0 Å². The minimum absolute atomic E-state index is 0.0481. The van der Waals surface area contributed by atoms with Crippen molar-refractivity contribution >= 4 is 21.7 Å². The Balaban J connectivity index is 1.93. The van der Waals surface area contributed by atoms with E-state index in [1.165, 1.54) is 11.1 Å². The molecular formula is C19H20BrNO3. The molecule has 0 saturated carbocycles. The van der Waals surface area contributed by atoms with Gasteiger partial charge >= 0.3 is 0 Å². The number of piperidine rings is 1. The lowest BCUT2D eigenvalue weighted by Crippen LogP contribution is -2.75. The summed E-state index contributed by atoms with van der Waals surface area (Å²) in [5.41, 5.74) is 1.18. The van der Waals surface area contributed by atoms with Gasteiger partial charge in [0.2, 0.25) is 0 Å². The van der Waals surface area contributed by atoms with Crippen molar-refractivity contribution in [3.63, 3.8) is 0 Å². The molecule has 24 heavy (non-hydrogen) atoms. The van der Waals surface area contributed by atoms with E-state index < -0.39 is 5.60 Å². The maximum atomic E-state index is 13.0. The maximum absolute atomic E-state index is 13.0. The van der Waals surface area contributed by atoms with Crippen molar-refractivity contribution in [1.82, 2.24) is 4.90 Å². The number of benzene rings is 1. The summed E-state index contributed by atoms with van der Waals surface area (Å²) in [4.78, 5) is 15.4. The molecule has 1 saturated heterocycles. The standard InChI is InChI=1S/C19H20BrNO3/c1-17-14(22)6-7-19(20)13-10-11-4-5-12(23-3)16(24-17)15(11)18(17,19)8-9-21(13)2/h4-7,13H,8-10H2,1-3H3/t13-,17+,18-,19+/m1/s1. The van der Waals surface area contributed by atoms with Crippen LogP contribution < -0.4 is 9.47 Å². The third kappa shape index (κ3) is 1.29. The van der Waals surface area contributed by atoms with Crippen molar-refractivity contribution in [3.05, 3.63) is 35.4 Å². The highest BCUT2D eigenvalue weighted by Crippen LogP contribution is 2.69. The second kappa shape index (κ2) is 4.25. The monoisotopic (exact) mass is 389 g/mol. The molecule has 4 aliphatic rings. The van der Waals surface area contributed by atoms with Crippen molar-refractivity contribution in [1.29, 1.82) is 0 Å². The van der Waals surface area contributed by atoms with Crippen molar-refractivity contribution in [3.8, 4) is 11.5 Å². The first-order chi connectivity index (χ1) is 11.4. The molecule has 2 aliphatic carbocycles. The van der Waals surface area contributed by atoms with Crippen LogP contribution in [-0.4, -0.2) is 47.4 Å². The number of nitrogens with zero attached hydrogens (tertiary/aromatic N) is 1. The average molecular weight is 390 g/mol. The van der Waals surface area contributed by atoms with E-state index in [4.69, 9.17) is 9.47 Å². The number of alkyl halides is 1. The lowest BCUT2D eigenvalue weighted by atomic mass is 9.49. The van der Waals surface area contributed by atoms with Crippen LogP contribution >= 0.6 is 15.9 Å². The van der Waals surface area contributed by atoms with Crippen LogP contribution in [0.5, 0.6) is 11.5 Å². The molecule has 0 radical (unpaired) electrons. The van der Waals surface area contributed by atoms with Gasteiger partial charge in [0.15, 0.2) is 22.9 Å². The second-order valence-corrected chi connectivity index (χ2v) is 8.90. The fourth-order valence-corrected chi connectivity index (χ4v) is 7.05. The van der Waals surface area contributed by atoms with Gasteiger partial charge in [-0.05, 0) is 51.1 Å². The lowest BCUT2D eigenvalue weighted by Gasteiger charge is -2.62. The smallest absolute Gasteiger partial charge is 0.199 e. The first kappa shape index (κ1) is 15.0. The number of hydrogen-bond donors (Lipinski definition) is 0. The van der Waals surface area contributed by atoms with E-state index in [2.05, 4.69) is 40.0 Å². The van der Waals surface area contributed by atoms with Crippen molar-refractivity contribution in [2.24, 2.45) is 0 Å². The van der Waals surface area contributed by atoms with Crippen molar-refractivity contribution < 1.29 is 14.3 Å². The van der Waals surface area contributed by atoms with E-state index in [9.17, 15) is 4.79 Å². The number of likely N-dealkylation sites (N-methyl/N-ethyl adjacent to an activating group) is 1. The number of rotatable bonds is 1. The van der Waals surface area contributed by atoms with Crippen LogP contribution in [0.1, 0.15) is 24.5 Å². The zero-order valence-electron chi connectivity index (χ0n) is 14.1. The highest BCUT2D eigenvalue weighted by atomic mass is 79.9. The fraction of sp³-hybridized carbons (Fsp3) is 0.526. The summed E-state index contributed by atoms with van der Waals surface area (Å²) < 4.78 is 11.7. The van der Waals surface area contributed by atoms with Crippen LogP contribution in [0, 0.1) is 0 Å². The average Bonchev–Trinajstić information content (AvgIpc) is 2.84. The zero-order valence-corrected chi connectivity index (χ0v) is 15.6. The SMILES string of the molecule is COc1ccc2c3c1O[C@@]1(C)C(=O)C=C[C@]4(Br)[C@@H](C2)N(C)CC[C@@]314. The van der Waals surface area contributed by atoms with Gasteiger partial charge < -0.3 is 14.4 Å². The van der Waals surface area contributed by atoms with Gasteiger partial charge in [0.25, 0.3) is 0 Å². The number of carbonyl (C=O) groups excluding carboxylic acids is 1. The van der Waals surface area contributed by atoms with Gasteiger partial charge in [-0.25, -0.2) is 0 Å². The molecule has 2 aliphatic heterocycles. The number of ether oxygens (including phenoxy) is 2. The van der Waals surface area contributed by atoms with E-state index in [1.54, 1.807) is 13.2 Å². The molecule has 0 amide bonds. The van der Waals surface area contributed by atoms with Gasteiger partial charge in [-0.3, -0.25) is 4.79 Å². The Morgan fingerprint density at radius 1 is 1.42 bits per heavy atom. The minimum Gasteiger partial charge on any atom is -0.493 e. The molecule has 5 rings (SSSR count). The predicted octanol–water partition coefficient (Wildman–Crippen LogP) is 2.62. The van der Waals surface area contributed by atoms with E-state index in [1.807, 2.05) is 13.0 Å². The number of likely N-dealkylation sites (tertiary alicyclic amines) is 1. The quantitative estimate of drug-likeness (QED) is 0.692. The summed E-state index contributed by atoms with van der Waals surface area (Å²) in [6.07, 6.45) is 5.61. The molecule has 5 heteroatoms. The van der Waals surface area contributed by atoms with E-state index >= 15 is 0 Å². The van der Waals surface area contributed by atoms with Crippen molar-refractivity contribution in [2.75, 3.05) is 20.7 Å².